The summed E-state index contributed by atoms with van der Waals surface area (Å²) < 4.78 is 6.85. The molecular weight excluding hydrogens is 360 g/mol. The number of rotatable bonds is 5. The molecule has 0 radical (unpaired) electrons. The molecule has 2 aromatic heterocycles. The van der Waals surface area contributed by atoms with E-state index in [1.165, 1.54) is 0 Å². The summed E-state index contributed by atoms with van der Waals surface area (Å²) in [6, 6.07) is 0. The smallest absolute Gasteiger partial charge is 0.340 e. The quantitative estimate of drug-likeness (QED) is 0.676. The van der Waals surface area contributed by atoms with Gasteiger partial charge in [0.1, 0.15) is 5.69 Å². The standard InChI is InChI=1S/C19H28N6O3/c1-10(2)28-18(27)14-11(3)15(21-12(14)4)17(26)23-19-22-16(24-25(19)5)13-6-8-20-9-7-13/h10,13,20-21H,6-9H2,1-5H3,(H,22,23,24,26). The molecular formula is C19H28N6O3. The van der Waals surface area contributed by atoms with Crippen LogP contribution in [-0.2, 0) is 11.8 Å². The van der Waals surface area contributed by atoms with Gasteiger partial charge in [-0.25, -0.2) is 9.48 Å². The second-order valence-electron chi connectivity index (χ2n) is 7.47. The van der Waals surface area contributed by atoms with Crippen LogP contribution in [0.15, 0.2) is 0 Å². The zero-order valence-corrected chi connectivity index (χ0v) is 17.0. The highest BCUT2D eigenvalue weighted by molar-refractivity contribution is 6.06. The van der Waals surface area contributed by atoms with Crippen molar-refractivity contribution >= 4 is 17.8 Å². The molecule has 9 nitrogen and oxygen atoms in total. The average Bonchev–Trinajstić information content (AvgIpc) is 3.14. The summed E-state index contributed by atoms with van der Waals surface area (Å²) in [6.45, 7) is 8.94. The van der Waals surface area contributed by atoms with E-state index in [0.29, 0.717) is 34.4 Å². The number of aromatic nitrogens is 4. The number of nitrogens with zero attached hydrogens (tertiary/aromatic N) is 3. The number of nitrogens with one attached hydrogen (secondary N) is 3. The van der Waals surface area contributed by atoms with Gasteiger partial charge in [0.05, 0.1) is 11.7 Å². The highest BCUT2D eigenvalue weighted by Crippen LogP contribution is 2.24. The zero-order valence-electron chi connectivity index (χ0n) is 17.0. The molecule has 0 aromatic carbocycles. The summed E-state index contributed by atoms with van der Waals surface area (Å²) >= 11 is 0. The van der Waals surface area contributed by atoms with Crippen LogP contribution in [0.25, 0.3) is 0 Å². The molecule has 1 fully saturated rings. The number of hydrogen-bond acceptors (Lipinski definition) is 6. The summed E-state index contributed by atoms with van der Waals surface area (Å²) in [7, 11) is 1.76. The lowest BCUT2D eigenvalue weighted by Crippen LogP contribution is -2.27. The molecule has 152 valence electrons. The molecule has 2 aromatic rings. The van der Waals surface area contributed by atoms with Gasteiger partial charge in [0.2, 0.25) is 5.95 Å². The van der Waals surface area contributed by atoms with Gasteiger partial charge in [-0.15, -0.1) is 0 Å². The highest BCUT2D eigenvalue weighted by atomic mass is 16.5. The van der Waals surface area contributed by atoms with Gasteiger partial charge in [-0.1, -0.05) is 0 Å². The number of aryl methyl sites for hydroxylation is 2. The van der Waals surface area contributed by atoms with E-state index < -0.39 is 5.97 Å². The van der Waals surface area contributed by atoms with Crippen molar-refractivity contribution in [3.05, 3.63) is 28.3 Å². The van der Waals surface area contributed by atoms with Crippen molar-refractivity contribution in [2.75, 3.05) is 18.4 Å². The Morgan fingerprint density at radius 1 is 1.25 bits per heavy atom. The van der Waals surface area contributed by atoms with Crippen LogP contribution in [0.2, 0.25) is 0 Å². The number of carbonyl (C=O) groups is 2. The van der Waals surface area contributed by atoms with Crippen LogP contribution in [0.5, 0.6) is 0 Å². The Morgan fingerprint density at radius 3 is 2.57 bits per heavy atom. The fourth-order valence-electron chi connectivity index (χ4n) is 3.49. The Labute approximate surface area is 164 Å². The minimum absolute atomic E-state index is 0.231. The minimum atomic E-state index is -0.438. The first-order chi connectivity index (χ1) is 13.3. The van der Waals surface area contributed by atoms with Gasteiger partial charge in [-0.3, -0.25) is 10.1 Å². The lowest BCUT2D eigenvalue weighted by Gasteiger charge is -2.19. The van der Waals surface area contributed by atoms with Gasteiger partial charge in [0.15, 0.2) is 5.82 Å². The first kappa shape index (κ1) is 20.1. The molecule has 9 heteroatoms. The number of hydrogen-bond donors (Lipinski definition) is 3. The number of H-pyrrole nitrogens is 1. The molecule has 3 heterocycles. The van der Waals surface area contributed by atoms with Gasteiger partial charge in [-0.2, -0.15) is 10.1 Å². The number of aromatic amines is 1. The molecule has 0 spiro atoms. The maximum atomic E-state index is 12.8. The molecule has 3 rings (SSSR count). The highest BCUT2D eigenvalue weighted by Gasteiger charge is 2.25. The van der Waals surface area contributed by atoms with Crippen LogP contribution < -0.4 is 10.6 Å². The monoisotopic (exact) mass is 388 g/mol. The van der Waals surface area contributed by atoms with Crippen molar-refractivity contribution in [3.8, 4) is 0 Å². The van der Waals surface area contributed by atoms with Crippen LogP contribution in [0.3, 0.4) is 0 Å². The lowest BCUT2D eigenvalue weighted by atomic mass is 9.98. The largest absolute Gasteiger partial charge is 0.459 e. The number of esters is 1. The molecule has 3 N–H and O–H groups in total. The number of piperidine rings is 1. The Bertz CT molecular complexity index is 877. The zero-order chi connectivity index (χ0) is 20.4. The normalized spacial score (nSPS) is 15.1. The number of ether oxygens (including phenoxy) is 1. The predicted octanol–water partition coefficient (Wildman–Crippen LogP) is 2.04. The molecule has 0 bridgehead atoms. The maximum absolute atomic E-state index is 12.8. The molecule has 1 saturated heterocycles. The second kappa shape index (κ2) is 8.14. The molecule has 0 atom stereocenters. The average molecular weight is 388 g/mol. The van der Waals surface area contributed by atoms with Gasteiger partial charge in [0.25, 0.3) is 5.91 Å². The SMILES string of the molecule is Cc1[nH]c(C(=O)Nc2nc(C3CCNCC3)nn2C)c(C)c1C(=O)OC(C)C. The van der Waals surface area contributed by atoms with Crippen molar-refractivity contribution in [2.45, 2.75) is 52.6 Å². The van der Waals surface area contributed by atoms with E-state index in [1.807, 2.05) is 0 Å². The summed E-state index contributed by atoms with van der Waals surface area (Å²) in [5, 5.41) is 10.6. The molecule has 28 heavy (non-hydrogen) atoms. The summed E-state index contributed by atoms with van der Waals surface area (Å²) in [5.41, 5.74) is 1.87. The van der Waals surface area contributed by atoms with Crippen molar-refractivity contribution in [2.24, 2.45) is 7.05 Å². The van der Waals surface area contributed by atoms with Gasteiger partial charge in [-0.05, 0) is 59.2 Å². The van der Waals surface area contributed by atoms with E-state index in [1.54, 1.807) is 39.4 Å². The van der Waals surface area contributed by atoms with Crippen molar-refractivity contribution in [1.29, 1.82) is 0 Å². The molecule has 1 aliphatic rings. The van der Waals surface area contributed by atoms with E-state index in [0.717, 1.165) is 31.8 Å². The second-order valence-corrected chi connectivity index (χ2v) is 7.47. The summed E-state index contributed by atoms with van der Waals surface area (Å²) in [4.78, 5) is 32.6. The van der Waals surface area contributed by atoms with Gasteiger partial charge in [0, 0.05) is 18.7 Å². The third-order valence-corrected chi connectivity index (χ3v) is 4.92. The van der Waals surface area contributed by atoms with E-state index in [4.69, 9.17) is 4.74 Å². The third kappa shape index (κ3) is 4.09. The number of amides is 1. The van der Waals surface area contributed by atoms with Gasteiger partial charge < -0.3 is 15.0 Å². The van der Waals surface area contributed by atoms with Crippen LogP contribution in [0.1, 0.15) is 70.5 Å². The van der Waals surface area contributed by atoms with Crippen molar-refractivity contribution in [1.82, 2.24) is 25.1 Å². The molecule has 0 saturated carbocycles. The predicted molar refractivity (Wildman–Crippen MR) is 105 cm³/mol. The van der Waals surface area contributed by atoms with Crippen LogP contribution in [0.4, 0.5) is 5.95 Å². The topological polar surface area (TPSA) is 114 Å². The van der Waals surface area contributed by atoms with E-state index in [9.17, 15) is 9.59 Å². The van der Waals surface area contributed by atoms with E-state index in [2.05, 4.69) is 25.7 Å². The van der Waals surface area contributed by atoms with E-state index in [-0.39, 0.29) is 12.0 Å². The van der Waals surface area contributed by atoms with E-state index >= 15 is 0 Å². The van der Waals surface area contributed by atoms with Gasteiger partial charge >= 0.3 is 5.97 Å². The lowest BCUT2D eigenvalue weighted by molar-refractivity contribution is 0.0376. The van der Waals surface area contributed by atoms with Crippen LogP contribution in [-0.4, -0.2) is 50.8 Å². The molecule has 0 aliphatic carbocycles. The number of carbonyl (C=O) groups excluding carboxylic acids is 2. The first-order valence-corrected chi connectivity index (χ1v) is 9.61. The summed E-state index contributed by atoms with van der Waals surface area (Å²) in [6.07, 6.45) is 1.73. The van der Waals surface area contributed by atoms with Crippen LogP contribution >= 0.6 is 0 Å². The molecule has 0 unspecified atom stereocenters. The Kier molecular flexibility index (Phi) is 5.83. The van der Waals surface area contributed by atoms with Crippen molar-refractivity contribution in [3.63, 3.8) is 0 Å². The fraction of sp³-hybridized carbons (Fsp3) is 0.579. The first-order valence-electron chi connectivity index (χ1n) is 9.61. The number of anilines is 1. The Morgan fingerprint density at radius 2 is 1.93 bits per heavy atom. The molecule has 1 aliphatic heterocycles. The molecule has 1 amide bonds. The fourth-order valence-corrected chi connectivity index (χ4v) is 3.49. The Hall–Kier alpha value is -2.68. The minimum Gasteiger partial charge on any atom is -0.459 e. The maximum Gasteiger partial charge on any atom is 0.340 e. The third-order valence-electron chi connectivity index (χ3n) is 4.92. The summed E-state index contributed by atoms with van der Waals surface area (Å²) in [5.74, 6) is 0.630. The Balaban J connectivity index is 1.78. The van der Waals surface area contributed by atoms with Crippen molar-refractivity contribution < 1.29 is 14.3 Å². The van der Waals surface area contributed by atoms with Crippen LogP contribution in [0, 0.1) is 13.8 Å².